The van der Waals surface area contributed by atoms with Gasteiger partial charge < -0.3 is 9.84 Å². The number of carbonyl (C=O) groups excluding carboxylic acids is 1. The Morgan fingerprint density at radius 2 is 1.84 bits per heavy atom. The maximum absolute atomic E-state index is 11.4. The highest BCUT2D eigenvalue weighted by Crippen LogP contribution is 2.25. The van der Waals surface area contributed by atoms with Crippen LogP contribution in [0.1, 0.15) is 72.6 Å². The van der Waals surface area contributed by atoms with Crippen LogP contribution >= 0.6 is 0 Å². The predicted molar refractivity (Wildman–Crippen MR) is 75.0 cm³/mol. The van der Waals surface area contributed by atoms with Gasteiger partial charge in [0.2, 0.25) is 0 Å². The van der Waals surface area contributed by atoms with Gasteiger partial charge in [-0.05, 0) is 32.6 Å². The number of hydrogen-bond acceptors (Lipinski definition) is 3. The summed E-state index contributed by atoms with van der Waals surface area (Å²) in [4.78, 5) is 21.8. The second kappa shape index (κ2) is 8.94. The van der Waals surface area contributed by atoms with Gasteiger partial charge in [0, 0.05) is 0 Å². The van der Waals surface area contributed by atoms with Gasteiger partial charge in [0.05, 0.1) is 0 Å². The third-order valence-corrected chi connectivity index (χ3v) is 3.38. The van der Waals surface area contributed by atoms with Gasteiger partial charge in [-0.3, -0.25) is 9.59 Å². The van der Waals surface area contributed by atoms with E-state index < -0.39 is 24.0 Å². The average molecular weight is 272 g/mol. The summed E-state index contributed by atoms with van der Waals surface area (Å²) in [6, 6.07) is 0. The van der Waals surface area contributed by atoms with Crippen molar-refractivity contribution in [1.29, 1.82) is 0 Å². The second-order valence-corrected chi connectivity index (χ2v) is 5.76. The van der Waals surface area contributed by atoms with Gasteiger partial charge in [0.1, 0.15) is 12.0 Å². The molecule has 0 saturated heterocycles. The van der Waals surface area contributed by atoms with Crippen molar-refractivity contribution in [1.82, 2.24) is 0 Å². The van der Waals surface area contributed by atoms with E-state index in [-0.39, 0.29) is 0 Å². The number of esters is 1. The summed E-state index contributed by atoms with van der Waals surface area (Å²) in [6.45, 7) is 8.06. The van der Waals surface area contributed by atoms with E-state index in [9.17, 15) is 9.59 Å². The van der Waals surface area contributed by atoms with E-state index in [0.29, 0.717) is 5.92 Å². The summed E-state index contributed by atoms with van der Waals surface area (Å²) in [6.07, 6.45) is 6.03. The molecule has 0 saturated carbocycles. The van der Waals surface area contributed by atoms with E-state index in [1.54, 1.807) is 0 Å². The standard InChI is InChI=1S/C15H28O4/c1-5-7-8-12(6-2)9-10-15(3,4)19-14(18)11-13(16)17/h12H,5-11H2,1-4H3,(H,16,17). The van der Waals surface area contributed by atoms with Gasteiger partial charge in [-0.1, -0.05) is 39.5 Å². The smallest absolute Gasteiger partial charge is 0.317 e. The number of unbranched alkanes of at least 4 members (excludes halogenated alkanes) is 1. The third-order valence-electron chi connectivity index (χ3n) is 3.38. The lowest BCUT2D eigenvalue weighted by atomic mass is 9.89. The molecule has 0 aromatic carbocycles. The Kier molecular flexibility index (Phi) is 8.44. The zero-order chi connectivity index (χ0) is 14.9. The molecule has 1 N–H and O–H groups in total. The Balaban J connectivity index is 4.12. The van der Waals surface area contributed by atoms with E-state index in [1.807, 2.05) is 13.8 Å². The van der Waals surface area contributed by atoms with Crippen LogP contribution in [-0.4, -0.2) is 22.6 Å². The maximum Gasteiger partial charge on any atom is 0.317 e. The molecule has 0 aromatic heterocycles. The summed E-state index contributed by atoms with van der Waals surface area (Å²) >= 11 is 0. The minimum absolute atomic E-state index is 0.559. The lowest BCUT2D eigenvalue weighted by Gasteiger charge is -2.27. The molecular weight excluding hydrogens is 244 g/mol. The maximum atomic E-state index is 11.4. The molecule has 0 fully saturated rings. The SMILES string of the molecule is CCCCC(CC)CCC(C)(C)OC(=O)CC(=O)O. The first-order valence-electron chi connectivity index (χ1n) is 7.24. The van der Waals surface area contributed by atoms with Gasteiger partial charge in [0.15, 0.2) is 0 Å². The van der Waals surface area contributed by atoms with Crippen LogP contribution in [-0.2, 0) is 14.3 Å². The molecule has 0 spiro atoms. The quantitative estimate of drug-likeness (QED) is 0.485. The number of aliphatic carboxylic acids is 1. The first-order valence-corrected chi connectivity index (χ1v) is 7.24. The van der Waals surface area contributed by atoms with Crippen molar-refractivity contribution < 1.29 is 19.4 Å². The fourth-order valence-electron chi connectivity index (χ4n) is 2.12. The Hall–Kier alpha value is -1.06. The van der Waals surface area contributed by atoms with Crippen molar-refractivity contribution in [2.75, 3.05) is 0 Å². The molecule has 0 aliphatic rings. The molecule has 1 atom stereocenters. The van der Waals surface area contributed by atoms with Crippen LogP contribution in [0.5, 0.6) is 0 Å². The number of hydrogen-bond donors (Lipinski definition) is 1. The second-order valence-electron chi connectivity index (χ2n) is 5.76. The van der Waals surface area contributed by atoms with Crippen LogP contribution in [0.3, 0.4) is 0 Å². The normalized spacial score (nSPS) is 13.1. The van der Waals surface area contributed by atoms with Gasteiger partial charge in [-0.25, -0.2) is 0 Å². The highest BCUT2D eigenvalue weighted by molar-refractivity contribution is 5.90. The Labute approximate surface area is 116 Å². The van der Waals surface area contributed by atoms with Crippen molar-refractivity contribution in [2.45, 2.75) is 78.2 Å². The summed E-state index contributed by atoms with van der Waals surface area (Å²) in [5.41, 5.74) is -0.577. The van der Waals surface area contributed by atoms with E-state index >= 15 is 0 Å². The van der Waals surface area contributed by atoms with E-state index in [4.69, 9.17) is 9.84 Å². The minimum Gasteiger partial charge on any atom is -0.481 e. The van der Waals surface area contributed by atoms with E-state index in [1.165, 1.54) is 19.3 Å². The number of carboxylic acid groups (broad SMARTS) is 1. The highest BCUT2D eigenvalue weighted by atomic mass is 16.6. The first-order chi connectivity index (χ1) is 8.80. The largest absolute Gasteiger partial charge is 0.481 e. The molecular formula is C15H28O4. The molecule has 19 heavy (non-hydrogen) atoms. The van der Waals surface area contributed by atoms with E-state index in [2.05, 4.69) is 13.8 Å². The van der Waals surface area contributed by atoms with Crippen LogP contribution in [0.15, 0.2) is 0 Å². The van der Waals surface area contributed by atoms with Gasteiger partial charge in [-0.2, -0.15) is 0 Å². The fraction of sp³-hybridized carbons (Fsp3) is 0.867. The summed E-state index contributed by atoms with van der Waals surface area (Å²) in [7, 11) is 0. The van der Waals surface area contributed by atoms with Crippen LogP contribution < -0.4 is 0 Å². The Bertz CT molecular complexity index is 284. The molecule has 4 heteroatoms. The number of carboxylic acids is 1. The molecule has 0 amide bonds. The number of carbonyl (C=O) groups is 2. The summed E-state index contributed by atoms with van der Waals surface area (Å²) in [5.74, 6) is -1.13. The monoisotopic (exact) mass is 272 g/mol. The molecule has 0 bridgehead atoms. The molecule has 0 aliphatic heterocycles. The topological polar surface area (TPSA) is 63.6 Å². The Morgan fingerprint density at radius 1 is 1.21 bits per heavy atom. The lowest BCUT2D eigenvalue weighted by Crippen LogP contribution is -2.29. The van der Waals surface area contributed by atoms with Crippen LogP contribution in [0.25, 0.3) is 0 Å². The third kappa shape index (κ3) is 9.51. The Morgan fingerprint density at radius 3 is 2.32 bits per heavy atom. The zero-order valence-corrected chi connectivity index (χ0v) is 12.7. The fourth-order valence-corrected chi connectivity index (χ4v) is 2.12. The van der Waals surface area contributed by atoms with Crippen LogP contribution in [0.4, 0.5) is 0 Å². The molecule has 1 unspecified atom stereocenters. The average Bonchev–Trinajstić information content (AvgIpc) is 2.27. The number of ether oxygens (including phenoxy) is 1. The van der Waals surface area contributed by atoms with Crippen molar-refractivity contribution in [3.63, 3.8) is 0 Å². The predicted octanol–water partition coefficient (Wildman–Crippen LogP) is 3.78. The van der Waals surface area contributed by atoms with Crippen LogP contribution in [0, 0.1) is 5.92 Å². The van der Waals surface area contributed by atoms with Crippen molar-refractivity contribution in [2.24, 2.45) is 5.92 Å². The highest BCUT2D eigenvalue weighted by Gasteiger charge is 2.25. The van der Waals surface area contributed by atoms with Crippen molar-refractivity contribution in [3.8, 4) is 0 Å². The van der Waals surface area contributed by atoms with Crippen molar-refractivity contribution >= 4 is 11.9 Å². The molecule has 112 valence electrons. The van der Waals surface area contributed by atoms with Crippen LogP contribution in [0.2, 0.25) is 0 Å². The van der Waals surface area contributed by atoms with Gasteiger partial charge >= 0.3 is 11.9 Å². The molecule has 0 radical (unpaired) electrons. The minimum atomic E-state index is -1.14. The molecule has 0 heterocycles. The van der Waals surface area contributed by atoms with E-state index in [0.717, 1.165) is 19.3 Å². The first kappa shape index (κ1) is 17.9. The van der Waals surface area contributed by atoms with Gasteiger partial charge in [-0.15, -0.1) is 0 Å². The van der Waals surface area contributed by atoms with Gasteiger partial charge in [0.25, 0.3) is 0 Å². The molecule has 0 rings (SSSR count). The van der Waals surface area contributed by atoms with Crippen molar-refractivity contribution in [3.05, 3.63) is 0 Å². The molecule has 0 aromatic rings. The molecule has 0 aliphatic carbocycles. The molecule has 4 nitrogen and oxygen atoms in total. The lowest BCUT2D eigenvalue weighted by molar-refractivity contribution is -0.161. The summed E-state index contributed by atoms with van der Waals surface area (Å²) < 4.78 is 5.23. The summed E-state index contributed by atoms with van der Waals surface area (Å²) in [5, 5.41) is 8.53. The zero-order valence-electron chi connectivity index (χ0n) is 12.7. The number of rotatable bonds is 10.